The molecular weight excluding hydrogens is 298 g/mol. The molecule has 0 spiro atoms. The van der Waals surface area contributed by atoms with E-state index in [1.165, 1.54) is 0 Å². The average Bonchev–Trinajstić information content (AvgIpc) is 3.24. The van der Waals surface area contributed by atoms with Crippen molar-refractivity contribution < 1.29 is 4.79 Å². The number of nitrogens with zero attached hydrogens (tertiary/aromatic N) is 3. The van der Waals surface area contributed by atoms with Gasteiger partial charge in [0.1, 0.15) is 11.4 Å². The van der Waals surface area contributed by atoms with E-state index < -0.39 is 0 Å². The minimum atomic E-state index is -0.181. The molecule has 0 aromatic carbocycles. The van der Waals surface area contributed by atoms with E-state index in [4.69, 9.17) is 0 Å². The lowest BCUT2D eigenvalue weighted by molar-refractivity contribution is 0.0945. The van der Waals surface area contributed by atoms with Crippen molar-refractivity contribution >= 4 is 17.2 Å². The lowest BCUT2D eigenvalue weighted by Crippen LogP contribution is -2.23. The summed E-state index contributed by atoms with van der Waals surface area (Å²) in [5.74, 6) is -0.181. The van der Waals surface area contributed by atoms with E-state index in [1.807, 2.05) is 35.3 Å². The molecule has 0 unspecified atom stereocenters. The molecule has 0 saturated carbocycles. The predicted molar refractivity (Wildman–Crippen MR) is 85.7 cm³/mol. The quantitative estimate of drug-likeness (QED) is 0.759. The van der Waals surface area contributed by atoms with Crippen molar-refractivity contribution in [1.29, 1.82) is 0 Å². The summed E-state index contributed by atoms with van der Waals surface area (Å²) < 4.78 is 1.96. The fourth-order valence-electron chi connectivity index (χ4n) is 2.16. The lowest BCUT2D eigenvalue weighted by Gasteiger charge is -2.00. The first-order valence-corrected chi connectivity index (χ1v) is 7.94. The summed E-state index contributed by atoms with van der Waals surface area (Å²) in [6.07, 6.45) is 2.86. The monoisotopic (exact) mass is 315 g/mol. The summed E-state index contributed by atoms with van der Waals surface area (Å²) in [6.45, 7) is 2.49. The second kappa shape index (κ2) is 6.15. The molecule has 22 heavy (non-hydrogen) atoms. The van der Waals surface area contributed by atoms with E-state index >= 15 is 0 Å². The minimum absolute atomic E-state index is 0.181. The normalized spacial score (nSPS) is 10.8. The van der Waals surface area contributed by atoms with Crippen LogP contribution < -0.4 is 5.32 Å². The van der Waals surface area contributed by atoms with Gasteiger partial charge in [0.05, 0.1) is 22.9 Å². The molecule has 0 atom stereocenters. The summed E-state index contributed by atoms with van der Waals surface area (Å²) in [4.78, 5) is 16.6. The molecule has 0 saturated heterocycles. The van der Waals surface area contributed by atoms with Gasteiger partial charge < -0.3 is 9.88 Å². The SMILES string of the molecule is CCc1nc(CNC(=O)c2cc(-c3cccn3C)n[nH]2)cs1. The number of carbonyl (C=O) groups is 1. The number of hydrogen-bond acceptors (Lipinski definition) is 4. The van der Waals surface area contributed by atoms with Gasteiger partial charge in [0.2, 0.25) is 0 Å². The Hall–Kier alpha value is -2.41. The van der Waals surface area contributed by atoms with Crippen LogP contribution in [0.3, 0.4) is 0 Å². The number of amides is 1. The zero-order valence-electron chi connectivity index (χ0n) is 12.5. The topological polar surface area (TPSA) is 75.6 Å². The molecule has 7 heteroatoms. The third-order valence-corrected chi connectivity index (χ3v) is 4.40. The Balaban J connectivity index is 1.65. The van der Waals surface area contributed by atoms with Gasteiger partial charge in [-0.05, 0) is 24.6 Å². The standard InChI is InChI=1S/C15H17N5OS/c1-3-14-17-10(9-22-14)8-16-15(21)12-7-11(18-19-12)13-5-4-6-20(13)2/h4-7,9H,3,8H2,1-2H3,(H,16,21)(H,18,19). The van der Waals surface area contributed by atoms with Crippen LogP contribution in [0.25, 0.3) is 11.4 Å². The third kappa shape index (κ3) is 2.94. The number of nitrogens with one attached hydrogen (secondary N) is 2. The van der Waals surface area contributed by atoms with Crippen LogP contribution in [0, 0.1) is 0 Å². The highest BCUT2D eigenvalue weighted by atomic mass is 32.1. The number of aryl methyl sites for hydroxylation is 2. The Kier molecular flexibility index (Phi) is 4.06. The fraction of sp³-hybridized carbons (Fsp3) is 0.267. The summed E-state index contributed by atoms with van der Waals surface area (Å²) in [7, 11) is 1.94. The molecule has 3 aromatic heterocycles. The molecule has 0 fully saturated rings. The zero-order valence-corrected chi connectivity index (χ0v) is 13.3. The van der Waals surface area contributed by atoms with Gasteiger partial charge in [-0.15, -0.1) is 11.3 Å². The van der Waals surface area contributed by atoms with Gasteiger partial charge in [0.25, 0.3) is 5.91 Å². The summed E-state index contributed by atoms with van der Waals surface area (Å²) in [6, 6.07) is 5.65. The van der Waals surface area contributed by atoms with E-state index in [2.05, 4.69) is 27.4 Å². The molecule has 6 nitrogen and oxygen atoms in total. The number of aromatic nitrogens is 4. The Morgan fingerprint density at radius 3 is 3.05 bits per heavy atom. The van der Waals surface area contributed by atoms with Crippen molar-refractivity contribution in [3.05, 3.63) is 46.2 Å². The average molecular weight is 315 g/mol. The highest BCUT2D eigenvalue weighted by Gasteiger charge is 2.12. The third-order valence-electron chi connectivity index (χ3n) is 3.36. The molecular formula is C15H17N5OS. The second-order valence-electron chi connectivity index (χ2n) is 4.94. The molecule has 0 aliphatic carbocycles. The van der Waals surface area contributed by atoms with E-state index in [-0.39, 0.29) is 5.91 Å². The largest absolute Gasteiger partial charge is 0.349 e. The number of aromatic amines is 1. The van der Waals surface area contributed by atoms with Gasteiger partial charge in [-0.1, -0.05) is 6.92 Å². The van der Waals surface area contributed by atoms with Gasteiger partial charge in [-0.2, -0.15) is 5.10 Å². The number of H-pyrrole nitrogens is 1. The first-order valence-electron chi connectivity index (χ1n) is 7.06. The van der Waals surface area contributed by atoms with Crippen molar-refractivity contribution in [2.24, 2.45) is 7.05 Å². The van der Waals surface area contributed by atoms with E-state index in [1.54, 1.807) is 17.4 Å². The number of carbonyl (C=O) groups excluding carboxylic acids is 1. The summed E-state index contributed by atoms with van der Waals surface area (Å²) >= 11 is 1.62. The van der Waals surface area contributed by atoms with Crippen molar-refractivity contribution in [3.8, 4) is 11.4 Å². The molecule has 0 radical (unpaired) electrons. The molecule has 0 bridgehead atoms. The minimum Gasteiger partial charge on any atom is -0.349 e. The van der Waals surface area contributed by atoms with Gasteiger partial charge in [0, 0.05) is 18.6 Å². The second-order valence-corrected chi connectivity index (χ2v) is 5.88. The molecule has 3 heterocycles. The molecule has 114 valence electrons. The van der Waals surface area contributed by atoms with Crippen LogP contribution in [-0.4, -0.2) is 25.7 Å². The maximum atomic E-state index is 12.1. The van der Waals surface area contributed by atoms with Gasteiger partial charge >= 0.3 is 0 Å². The van der Waals surface area contributed by atoms with Crippen LogP contribution in [0.1, 0.15) is 28.1 Å². The van der Waals surface area contributed by atoms with E-state index in [0.717, 1.165) is 28.5 Å². The smallest absolute Gasteiger partial charge is 0.269 e. The van der Waals surface area contributed by atoms with Crippen LogP contribution >= 0.6 is 11.3 Å². The Bertz CT molecular complexity index is 785. The highest BCUT2D eigenvalue weighted by molar-refractivity contribution is 7.09. The molecule has 3 aromatic rings. The van der Waals surface area contributed by atoms with E-state index in [9.17, 15) is 4.79 Å². The molecule has 0 aliphatic heterocycles. The number of thiazole rings is 1. The van der Waals surface area contributed by atoms with Crippen LogP contribution in [0.2, 0.25) is 0 Å². The van der Waals surface area contributed by atoms with Crippen LogP contribution in [0.4, 0.5) is 0 Å². The van der Waals surface area contributed by atoms with Crippen LogP contribution in [0.15, 0.2) is 29.8 Å². The first-order chi connectivity index (χ1) is 10.7. The number of hydrogen-bond donors (Lipinski definition) is 2. The van der Waals surface area contributed by atoms with Crippen molar-refractivity contribution in [3.63, 3.8) is 0 Å². The Morgan fingerprint density at radius 1 is 1.50 bits per heavy atom. The molecule has 2 N–H and O–H groups in total. The summed E-state index contributed by atoms with van der Waals surface area (Å²) in [5.41, 5.74) is 3.04. The van der Waals surface area contributed by atoms with Gasteiger partial charge in [0.15, 0.2) is 0 Å². The van der Waals surface area contributed by atoms with Crippen LogP contribution in [0.5, 0.6) is 0 Å². The maximum Gasteiger partial charge on any atom is 0.269 e. The summed E-state index contributed by atoms with van der Waals surface area (Å²) in [5, 5.41) is 12.9. The first kappa shape index (κ1) is 14.5. The zero-order chi connectivity index (χ0) is 15.5. The highest BCUT2D eigenvalue weighted by Crippen LogP contribution is 2.17. The van der Waals surface area contributed by atoms with Crippen molar-refractivity contribution in [2.75, 3.05) is 0 Å². The predicted octanol–water partition coefficient (Wildman–Crippen LogP) is 2.36. The Morgan fingerprint density at radius 2 is 2.36 bits per heavy atom. The van der Waals surface area contributed by atoms with Crippen LogP contribution in [-0.2, 0) is 20.0 Å². The van der Waals surface area contributed by atoms with Gasteiger partial charge in [-0.25, -0.2) is 4.98 Å². The number of rotatable bonds is 5. The maximum absolute atomic E-state index is 12.1. The molecule has 0 aliphatic rings. The fourth-order valence-corrected chi connectivity index (χ4v) is 2.90. The van der Waals surface area contributed by atoms with Crippen molar-refractivity contribution in [2.45, 2.75) is 19.9 Å². The lowest BCUT2D eigenvalue weighted by atomic mass is 10.2. The molecule has 1 amide bonds. The van der Waals surface area contributed by atoms with Crippen molar-refractivity contribution in [1.82, 2.24) is 25.1 Å². The Labute approximate surface area is 132 Å². The molecule has 3 rings (SSSR count). The van der Waals surface area contributed by atoms with Gasteiger partial charge in [-0.3, -0.25) is 9.89 Å². The van der Waals surface area contributed by atoms with E-state index in [0.29, 0.717) is 12.2 Å².